The standard InChI is InChI=1S/C20H21N3S/c1-4-13-23-19(18-11-7-16(3)8-12-18)21-22-20(23)24-14-17-9-5-15(2)6-10-17/h4-12H,1,13-14H2,2-3H3. The molecule has 0 aliphatic rings. The second-order valence-electron chi connectivity index (χ2n) is 5.85. The summed E-state index contributed by atoms with van der Waals surface area (Å²) >= 11 is 1.71. The lowest BCUT2D eigenvalue weighted by molar-refractivity contribution is 0.731. The van der Waals surface area contributed by atoms with Crippen molar-refractivity contribution in [2.24, 2.45) is 0 Å². The Kier molecular flexibility index (Phi) is 5.16. The molecular weight excluding hydrogens is 314 g/mol. The Balaban J connectivity index is 1.84. The predicted octanol–water partition coefficient (Wildman–Crippen LogP) is 5.04. The highest BCUT2D eigenvalue weighted by molar-refractivity contribution is 7.98. The van der Waals surface area contributed by atoms with E-state index in [1.165, 1.54) is 16.7 Å². The predicted molar refractivity (Wildman–Crippen MR) is 101 cm³/mol. The van der Waals surface area contributed by atoms with Crippen LogP contribution < -0.4 is 0 Å². The maximum absolute atomic E-state index is 4.41. The molecule has 1 aromatic heterocycles. The summed E-state index contributed by atoms with van der Waals surface area (Å²) in [6, 6.07) is 17.0. The Morgan fingerprint density at radius 1 is 0.958 bits per heavy atom. The summed E-state index contributed by atoms with van der Waals surface area (Å²) in [7, 11) is 0. The van der Waals surface area contributed by atoms with Gasteiger partial charge in [0.1, 0.15) is 0 Å². The zero-order valence-electron chi connectivity index (χ0n) is 14.1. The lowest BCUT2D eigenvalue weighted by atomic mass is 10.1. The molecule has 0 spiro atoms. The number of benzene rings is 2. The van der Waals surface area contributed by atoms with Crippen LogP contribution in [-0.4, -0.2) is 14.8 Å². The molecule has 0 radical (unpaired) electrons. The topological polar surface area (TPSA) is 30.7 Å². The fourth-order valence-electron chi connectivity index (χ4n) is 2.44. The van der Waals surface area contributed by atoms with E-state index in [0.29, 0.717) is 6.54 Å². The van der Waals surface area contributed by atoms with Crippen LogP contribution in [0.1, 0.15) is 16.7 Å². The van der Waals surface area contributed by atoms with Gasteiger partial charge in [0, 0.05) is 17.9 Å². The van der Waals surface area contributed by atoms with Crippen molar-refractivity contribution in [3.63, 3.8) is 0 Å². The van der Waals surface area contributed by atoms with Gasteiger partial charge in [0.05, 0.1) is 0 Å². The minimum Gasteiger partial charge on any atom is -0.298 e. The smallest absolute Gasteiger partial charge is 0.192 e. The van der Waals surface area contributed by atoms with Crippen molar-refractivity contribution < 1.29 is 0 Å². The van der Waals surface area contributed by atoms with Crippen LogP contribution in [0.4, 0.5) is 0 Å². The van der Waals surface area contributed by atoms with E-state index in [1.807, 2.05) is 6.08 Å². The first kappa shape index (κ1) is 16.5. The zero-order chi connectivity index (χ0) is 16.9. The molecule has 0 aliphatic carbocycles. The van der Waals surface area contributed by atoms with Crippen LogP contribution in [-0.2, 0) is 12.3 Å². The monoisotopic (exact) mass is 335 g/mol. The highest BCUT2D eigenvalue weighted by Crippen LogP contribution is 2.26. The number of allylic oxidation sites excluding steroid dienone is 1. The molecule has 0 saturated heterocycles. The summed E-state index contributed by atoms with van der Waals surface area (Å²) in [6.45, 7) is 8.76. The Bertz CT molecular complexity index is 817. The third kappa shape index (κ3) is 3.77. The van der Waals surface area contributed by atoms with Gasteiger partial charge in [-0.2, -0.15) is 0 Å². The van der Waals surface area contributed by atoms with Crippen LogP contribution in [0.15, 0.2) is 66.3 Å². The van der Waals surface area contributed by atoms with E-state index in [4.69, 9.17) is 0 Å². The molecule has 0 atom stereocenters. The fraction of sp³-hybridized carbons (Fsp3) is 0.200. The van der Waals surface area contributed by atoms with Crippen molar-refractivity contribution in [3.8, 4) is 11.4 Å². The van der Waals surface area contributed by atoms with Gasteiger partial charge in [-0.3, -0.25) is 4.57 Å². The molecule has 24 heavy (non-hydrogen) atoms. The zero-order valence-corrected chi connectivity index (χ0v) is 14.9. The summed E-state index contributed by atoms with van der Waals surface area (Å²) in [5.41, 5.74) is 4.88. The summed E-state index contributed by atoms with van der Waals surface area (Å²) in [4.78, 5) is 0. The minimum atomic E-state index is 0.701. The molecule has 3 aromatic rings. The Hall–Kier alpha value is -2.33. The summed E-state index contributed by atoms with van der Waals surface area (Å²) < 4.78 is 2.12. The van der Waals surface area contributed by atoms with Gasteiger partial charge in [-0.1, -0.05) is 77.5 Å². The van der Waals surface area contributed by atoms with Crippen molar-refractivity contribution in [1.29, 1.82) is 0 Å². The van der Waals surface area contributed by atoms with Gasteiger partial charge < -0.3 is 0 Å². The quantitative estimate of drug-likeness (QED) is 0.467. The molecule has 0 fully saturated rings. The van der Waals surface area contributed by atoms with Gasteiger partial charge >= 0.3 is 0 Å². The van der Waals surface area contributed by atoms with Crippen LogP contribution >= 0.6 is 11.8 Å². The molecule has 4 heteroatoms. The molecule has 0 bridgehead atoms. The van der Waals surface area contributed by atoms with E-state index < -0.39 is 0 Å². The van der Waals surface area contributed by atoms with Gasteiger partial charge in [-0.05, 0) is 19.4 Å². The number of thioether (sulfide) groups is 1. The number of nitrogens with zero attached hydrogens (tertiary/aromatic N) is 3. The molecular formula is C20H21N3S. The molecule has 0 aliphatic heterocycles. The maximum atomic E-state index is 4.41. The van der Waals surface area contributed by atoms with Crippen molar-refractivity contribution in [2.75, 3.05) is 0 Å². The van der Waals surface area contributed by atoms with Crippen molar-refractivity contribution in [2.45, 2.75) is 31.3 Å². The molecule has 3 rings (SSSR count). The number of aryl methyl sites for hydroxylation is 2. The fourth-order valence-corrected chi connectivity index (χ4v) is 3.34. The second-order valence-corrected chi connectivity index (χ2v) is 6.79. The number of rotatable bonds is 6. The van der Waals surface area contributed by atoms with Crippen molar-refractivity contribution in [1.82, 2.24) is 14.8 Å². The van der Waals surface area contributed by atoms with Crippen LogP contribution in [0.3, 0.4) is 0 Å². The molecule has 122 valence electrons. The Labute approximate surface area is 147 Å². The lowest BCUT2D eigenvalue weighted by Gasteiger charge is -2.08. The molecule has 0 unspecified atom stereocenters. The molecule has 2 aromatic carbocycles. The van der Waals surface area contributed by atoms with E-state index >= 15 is 0 Å². The Morgan fingerprint density at radius 2 is 1.58 bits per heavy atom. The van der Waals surface area contributed by atoms with E-state index in [2.05, 4.69) is 83.7 Å². The van der Waals surface area contributed by atoms with E-state index in [-0.39, 0.29) is 0 Å². The molecule has 0 N–H and O–H groups in total. The second kappa shape index (κ2) is 7.49. The molecule has 1 heterocycles. The SMILES string of the molecule is C=CCn1c(SCc2ccc(C)cc2)nnc1-c1ccc(C)cc1. The number of hydrogen-bond acceptors (Lipinski definition) is 3. The van der Waals surface area contributed by atoms with Gasteiger partial charge in [0.15, 0.2) is 11.0 Å². The van der Waals surface area contributed by atoms with Crippen LogP contribution in [0.2, 0.25) is 0 Å². The van der Waals surface area contributed by atoms with Gasteiger partial charge in [0.2, 0.25) is 0 Å². The summed E-state index contributed by atoms with van der Waals surface area (Å²) in [6.07, 6.45) is 1.89. The van der Waals surface area contributed by atoms with Crippen LogP contribution in [0.5, 0.6) is 0 Å². The first-order chi connectivity index (χ1) is 11.7. The van der Waals surface area contributed by atoms with Crippen LogP contribution in [0.25, 0.3) is 11.4 Å². The third-order valence-electron chi connectivity index (χ3n) is 3.83. The average Bonchev–Trinajstić information content (AvgIpc) is 2.98. The van der Waals surface area contributed by atoms with Crippen LogP contribution in [0, 0.1) is 13.8 Å². The lowest BCUT2D eigenvalue weighted by Crippen LogP contribution is -2.00. The largest absolute Gasteiger partial charge is 0.298 e. The normalized spacial score (nSPS) is 10.8. The van der Waals surface area contributed by atoms with E-state index in [0.717, 1.165) is 22.3 Å². The first-order valence-corrected chi connectivity index (χ1v) is 8.95. The Morgan fingerprint density at radius 3 is 2.21 bits per heavy atom. The first-order valence-electron chi connectivity index (χ1n) is 7.97. The van der Waals surface area contributed by atoms with Gasteiger partial charge in [0.25, 0.3) is 0 Å². The molecule has 3 nitrogen and oxygen atoms in total. The van der Waals surface area contributed by atoms with Gasteiger partial charge in [-0.25, -0.2) is 0 Å². The van der Waals surface area contributed by atoms with E-state index in [1.54, 1.807) is 11.8 Å². The highest BCUT2D eigenvalue weighted by atomic mass is 32.2. The number of aromatic nitrogens is 3. The third-order valence-corrected chi connectivity index (χ3v) is 4.86. The van der Waals surface area contributed by atoms with Crippen molar-refractivity contribution >= 4 is 11.8 Å². The average molecular weight is 335 g/mol. The molecule has 0 amide bonds. The van der Waals surface area contributed by atoms with E-state index in [9.17, 15) is 0 Å². The number of hydrogen-bond donors (Lipinski definition) is 0. The summed E-state index contributed by atoms with van der Waals surface area (Å²) in [5.74, 6) is 1.77. The minimum absolute atomic E-state index is 0.701. The van der Waals surface area contributed by atoms with Crippen molar-refractivity contribution in [3.05, 3.63) is 77.9 Å². The summed E-state index contributed by atoms with van der Waals surface area (Å²) in [5, 5.41) is 9.72. The molecule has 0 saturated carbocycles. The highest BCUT2D eigenvalue weighted by Gasteiger charge is 2.13. The maximum Gasteiger partial charge on any atom is 0.192 e. The van der Waals surface area contributed by atoms with Gasteiger partial charge in [-0.15, -0.1) is 16.8 Å².